The largest absolute Gasteiger partial charge is 0.497 e. The van der Waals surface area contributed by atoms with E-state index in [-0.39, 0.29) is 0 Å². The Morgan fingerprint density at radius 2 is 2.00 bits per heavy atom. The van der Waals surface area contributed by atoms with Gasteiger partial charge in [-0.25, -0.2) is 0 Å². The Kier molecular flexibility index (Phi) is 5.66. The molecule has 2 heterocycles. The van der Waals surface area contributed by atoms with Crippen molar-refractivity contribution in [3.63, 3.8) is 0 Å². The lowest BCUT2D eigenvalue weighted by molar-refractivity contribution is 0.189. The SMILES string of the molecule is COc1ccc(-n2c(SCC3CCOC3)nnc2-c2ccccc2Cl)cc1. The second kappa shape index (κ2) is 8.33. The molecule has 1 fully saturated rings. The molecule has 1 aliphatic rings. The van der Waals surface area contributed by atoms with E-state index in [2.05, 4.69) is 14.8 Å². The van der Waals surface area contributed by atoms with Crippen molar-refractivity contribution >= 4 is 23.4 Å². The number of ether oxygens (including phenoxy) is 2. The molecule has 0 radical (unpaired) electrons. The first-order valence-electron chi connectivity index (χ1n) is 8.81. The van der Waals surface area contributed by atoms with Gasteiger partial charge in [0.25, 0.3) is 0 Å². The maximum absolute atomic E-state index is 6.43. The second-order valence-corrected chi connectivity index (χ2v) is 7.75. The van der Waals surface area contributed by atoms with Crippen molar-refractivity contribution in [3.8, 4) is 22.8 Å². The fourth-order valence-corrected chi connectivity index (χ4v) is 4.34. The van der Waals surface area contributed by atoms with Gasteiger partial charge in [-0.2, -0.15) is 0 Å². The van der Waals surface area contributed by atoms with E-state index in [1.165, 1.54) is 0 Å². The van der Waals surface area contributed by atoms with Crippen molar-refractivity contribution in [2.24, 2.45) is 5.92 Å². The zero-order valence-corrected chi connectivity index (χ0v) is 16.5. The number of aromatic nitrogens is 3. The molecule has 1 aliphatic heterocycles. The van der Waals surface area contributed by atoms with E-state index in [0.29, 0.717) is 10.9 Å². The summed E-state index contributed by atoms with van der Waals surface area (Å²) in [6.45, 7) is 1.67. The molecule has 4 rings (SSSR count). The van der Waals surface area contributed by atoms with Crippen molar-refractivity contribution in [1.82, 2.24) is 14.8 Å². The van der Waals surface area contributed by atoms with Gasteiger partial charge < -0.3 is 9.47 Å². The summed E-state index contributed by atoms with van der Waals surface area (Å²) in [5, 5.41) is 10.4. The van der Waals surface area contributed by atoms with E-state index in [0.717, 1.165) is 53.4 Å². The van der Waals surface area contributed by atoms with E-state index in [1.54, 1.807) is 18.9 Å². The maximum Gasteiger partial charge on any atom is 0.196 e. The Morgan fingerprint density at radius 3 is 2.70 bits per heavy atom. The lowest BCUT2D eigenvalue weighted by Gasteiger charge is -2.13. The van der Waals surface area contributed by atoms with Crippen LogP contribution in [0.25, 0.3) is 17.1 Å². The minimum Gasteiger partial charge on any atom is -0.497 e. The lowest BCUT2D eigenvalue weighted by Crippen LogP contribution is -2.05. The number of thioether (sulfide) groups is 1. The van der Waals surface area contributed by atoms with Gasteiger partial charge in [-0.05, 0) is 48.7 Å². The summed E-state index contributed by atoms with van der Waals surface area (Å²) < 4.78 is 12.8. The second-order valence-electron chi connectivity index (χ2n) is 6.36. The van der Waals surface area contributed by atoms with Gasteiger partial charge in [-0.3, -0.25) is 4.57 Å². The van der Waals surface area contributed by atoms with Crippen LogP contribution < -0.4 is 4.74 Å². The third-order valence-electron chi connectivity index (χ3n) is 4.55. The number of rotatable bonds is 6. The summed E-state index contributed by atoms with van der Waals surface area (Å²) >= 11 is 8.14. The van der Waals surface area contributed by atoms with E-state index in [1.807, 2.05) is 48.5 Å². The minimum atomic E-state index is 0.555. The van der Waals surface area contributed by atoms with Crippen LogP contribution in [-0.2, 0) is 4.74 Å². The number of benzene rings is 2. The first-order chi connectivity index (χ1) is 13.3. The van der Waals surface area contributed by atoms with Crippen LogP contribution in [-0.4, -0.2) is 40.8 Å². The minimum absolute atomic E-state index is 0.555. The zero-order valence-electron chi connectivity index (χ0n) is 15.0. The van der Waals surface area contributed by atoms with Crippen LogP contribution in [0.4, 0.5) is 0 Å². The molecule has 0 amide bonds. The normalized spacial score (nSPS) is 16.6. The highest BCUT2D eigenvalue weighted by Crippen LogP contribution is 2.33. The Morgan fingerprint density at radius 1 is 1.19 bits per heavy atom. The van der Waals surface area contributed by atoms with E-state index in [9.17, 15) is 0 Å². The molecule has 2 aromatic carbocycles. The fraction of sp³-hybridized carbons (Fsp3) is 0.300. The van der Waals surface area contributed by atoms with Crippen molar-refractivity contribution < 1.29 is 9.47 Å². The summed E-state index contributed by atoms with van der Waals surface area (Å²) in [7, 11) is 1.66. The van der Waals surface area contributed by atoms with Gasteiger partial charge in [0.05, 0.1) is 18.7 Å². The van der Waals surface area contributed by atoms with Gasteiger partial charge in [0.15, 0.2) is 11.0 Å². The highest BCUT2D eigenvalue weighted by molar-refractivity contribution is 7.99. The van der Waals surface area contributed by atoms with Gasteiger partial charge in [0.1, 0.15) is 5.75 Å². The highest BCUT2D eigenvalue weighted by atomic mass is 35.5. The van der Waals surface area contributed by atoms with Crippen LogP contribution in [0.3, 0.4) is 0 Å². The fourth-order valence-electron chi connectivity index (χ4n) is 3.05. The quantitative estimate of drug-likeness (QED) is 0.559. The number of hydrogen-bond donors (Lipinski definition) is 0. The van der Waals surface area contributed by atoms with E-state index in [4.69, 9.17) is 21.1 Å². The van der Waals surface area contributed by atoms with Gasteiger partial charge in [-0.15, -0.1) is 10.2 Å². The maximum atomic E-state index is 6.43. The molecule has 5 nitrogen and oxygen atoms in total. The third-order valence-corrected chi connectivity index (χ3v) is 6.04. The predicted molar refractivity (Wildman–Crippen MR) is 108 cm³/mol. The predicted octanol–water partition coefficient (Wildman–Crippen LogP) is 4.72. The summed E-state index contributed by atoms with van der Waals surface area (Å²) in [6, 6.07) is 15.6. The number of halogens is 1. The van der Waals surface area contributed by atoms with Gasteiger partial charge in [-0.1, -0.05) is 35.5 Å². The highest BCUT2D eigenvalue weighted by Gasteiger charge is 2.21. The molecule has 1 unspecified atom stereocenters. The lowest BCUT2D eigenvalue weighted by atomic mass is 10.2. The monoisotopic (exact) mass is 401 g/mol. The van der Waals surface area contributed by atoms with Gasteiger partial charge >= 0.3 is 0 Å². The van der Waals surface area contributed by atoms with Crippen molar-refractivity contribution in [2.45, 2.75) is 11.6 Å². The molecule has 0 N–H and O–H groups in total. The standard InChI is InChI=1S/C20H20ClN3O2S/c1-25-16-8-6-15(7-9-16)24-19(17-4-2-3-5-18(17)21)22-23-20(24)27-13-14-10-11-26-12-14/h2-9,14H,10-13H2,1H3. The first-order valence-corrected chi connectivity index (χ1v) is 10.2. The summed E-state index contributed by atoms with van der Waals surface area (Å²) in [4.78, 5) is 0. The van der Waals surface area contributed by atoms with Crippen LogP contribution in [0, 0.1) is 5.92 Å². The molecule has 140 valence electrons. The Bertz CT molecular complexity index is 908. The summed E-state index contributed by atoms with van der Waals surface area (Å²) in [6.07, 6.45) is 1.10. The van der Waals surface area contributed by atoms with Crippen LogP contribution in [0.1, 0.15) is 6.42 Å². The number of nitrogens with zero attached hydrogens (tertiary/aromatic N) is 3. The topological polar surface area (TPSA) is 49.2 Å². The molecule has 1 atom stereocenters. The zero-order chi connectivity index (χ0) is 18.6. The van der Waals surface area contributed by atoms with Crippen LogP contribution in [0.5, 0.6) is 5.75 Å². The molecule has 1 saturated heterocycles. The van der Waals surface area contributed by atoms with E-state index >= 15 is 0 Å². The molecule has 27 heavy (non-hydrogen) atoms. The Balaban J connectivity index is 1.73. The van der Waals surface area contributed by atoms with Crippen molar-refractivity contribution in [1.29, 1.82) is 0 Å². The molecule has 1 aromatic heterocycles. The average Bonchev–Trinajstić information content (AvgIpc) is 3.36. The Labute approximate surface area is 167 Å². The van der Waals surface area contributed by atoms with Crippen LogP contribution >= 0.6 is 23.4 Å². The van der Waals surface area contributed by atoms with Crippen molar-refractivity contribution in [2.75, 3.05) is 26.1 Å². The van der Waals surface area contributed by atoms with Crippen LogP contribution in [0.15, 0.2) is 53.7 Å². The summed E-state index contributed by atoms with van der Waals surface area (Å²) in [5.74, 6) is 3.05. The molecular weight excluding hydrogens is 382 g/mol. The smallest absolute Gasteiger partial charge is 0.196 e. The molecule has 0 saturated carbocycles. The van der Waals surface area contributed by atoms with Crippen LogP contribution in [0.2, 0.25) is 5.02 Å². The third kappa shape index (κ3) is 3.98. The number of methoxy groups -OCH3 is 1. The number of hydrogen-bond acceptors (Lipinski definition) is 5. The van der Waals surface area contributed by atoms with E-state index < -0.39 is 0 Å². The first kappa shape index (κ1) is 18.3. The Hall–Kier alpha value is -2.02. The van der Waals surface area contributed by atoms with Gasteiger partial charge in [0.2, 0.25) is 0 Å². The molecule has 7 heteroatoms. The molecule has 0 spiro atoms. The molecule has 0 aliphatic carbocycles. The molecule has 0 bridgehead atoms. The summed E-state index contributed by atoms with van der Waals surface area (Å²) in [5.41, 5.74) is 1.83. The van der Waals surface area contributed by atoms with Crippen molar-refractivity contribution in [3.05, 3.63) is 53.6 Å². The molecule has 3 aromatic rings. The average molecular weight is 402 g/mol. The molecular formula is C20H20ClN3O2S. The van der Waals surface area contributed by atoms with Gasteiger partial charge in [0, 0.05) is 23.6 Å².